The van der Waals surface area contributed by atoms with Gasteiger partial charge in [0.25, 0.3) is 5.91 Å². The minimum absolute atomic E-state index is 0.0983. The molecule has 0 aliphatic rings. The van der Waals surface area contributed by atoms with Crippen LogP contribution in [-0.2, 0) is 0 Å². The molecule has 1 aromatic heterocycles. The lowest BCUT2D eigenvalue weighted by atomic mass is 10.1. The van der Waals surface area contributed by atoms with Gasteiger partial charge in [-0.1, -0.05) is 15.9 Å². The Bertz CT molecular complexity index is 646. The third kappa shape index (κ3) is 3.08. The Morgan fingerprint density at radius 3 is 2.89 bits per heavy atom. The predicted molar refractivity (Wildman–Crippen MR) is 75.4 cm³/mol. The minimum Gasteiger partial charge on any atom is -0.397 e. The highest BCUT2D eigenvalue weighted by Crippen LogP contribution is 2.21. The van der Waals surface area contributed by atoms with Crippen molar-refractivity contribution >= 4 is 33.2 Å². The first kappa shape index (κ1) is 13.5. The molecular formula is C13H11BrFN3O. The fourth-order valence-corrected chi connectivity index (χ4v) is 1.92. The number of amides is 1. The topological polar surface area (TPSA) is 68.0 Å². The van der Waals surface area contributed by atoms with Gasteiger partial charge in [-0.05, 0) is 31.2 Å². The largest absolute Gasteiger partial charge is 0.397 e. The summed E-state index contributed by atoms with van der Waals surface area (Å²) in [6.45, 7) is 1.69. The summed E-state index contributed by atoms with van der Waals surface area (Å²) in [5.41, 5.74) is 6.92. The zero-order chi connectivity index (χ0) is 14.0. The molecule has 2 aromatic rings. The molecule has 0 saturated carbocycles. The van der Waals surface area contributed by atoms with Crippen LogP contribution < -0.4 is 11.1 Å². The van der Waals surface area contributed by atoms with Gasteiger partial charge in [0.2, 0.25) is 0 Å². The number of anilines is 2. The molecule has 19 heavy (non-hydrogen) atoms. The summed E-state index contributed by atoms with van der Waals surface area (Å²) in [5.74, 6) is -0.958. The van der Waals surface area contributed by atoms with Gasteiger partial charge in [-0.3, -0.25) is 9.78 Å². The summed E-state index contributed by atoms with van der Waals surface area (Å²) in [6, 6.07) is 5.82. The summed E-state index contributed by atoms with van der Waals surface area (Å²) < 4.78 is 14.2. The maximum absolute atomic E-state index is 13.5. The molecule has 0 radical (unpaired) electrons. The summed E-state index contributed by atoms with van der Waals surface area (Å²) in [6.07, 6.45) is 1.46. The number of pyridine rings is 1. The van der Waals surface area contributed by atoms with E-state index in [-0.39, 0.29) is 5.69 Å². The standard InChI is InChI=1S/C13H11BrFN3O/c1-7-10(5-9(16)6-17-7)13(19)18-12-4-8(14)2-3-11(12)15/h2-6H,16H2,1H3,(H,18,19). The van der Waals surface area contributed by atoms with E-state index < -0.39 is 11.7 Å². The fraction of sp³-hybridized carbons (Fsp3) is 0.0769. The summed E-state index contributed by atoms with van der Waals surface area (Å²) >= 11 is 3.22. The summed E-state index contributed by atoms with van der Waals surface area (Å²) in [4.78, 5) is 16.1. The van der Waals surface area contributed by atoms with E-state index in [1.807, 2.05) is 0 Å². The zero-order valence-electron chi connectivity index (χ0n) is 10.1. The predicted octanol–water partition coefficient (Wildman–Crippen LogP) is 3.13. The quantitative estimate of drug-likeness (QED) is 0.892. The molecule has 0 saturated heterocycles. The van der Waals surface area contributed by atoms with Gasteiger partial charge in [0.1, 0.15) is 5.82 Å². The van der Waals surface area contributed by atoms with E-state index in [1.54, 1.807) is 13.0 Å². The van der Waals surface area contributed by atoms with Gasteiger partial charge < -0.3 is 11.1 Å². The maximum atomic E-state index is 13.5. The molecule has 0 fully saturated rings. The molecule has 1 aromatic carbocycles. The lowest BCUT2D eigenvalue weighted by Crippen LogP contribution is -2.15. The van der Waals surface area contributed by atoms with Gasteiger partial charge in [-0.15, -0.1) is 0 Å². The summed E-state index contributed by atoms with van der Waals surface area (Å²) in [7, 11) is 0. The molecule has 0 bridgehead atoms. The Labute approximate surface area is 118 Å². The Kier molecular flexibility index (Phi) is 3.80. The molecule has 0 atom stereocenters. The van der Waals surface area contributed by atoms with E-state index in [1.165, 1.54) is 24.4 Å². The second-order valence-corrected chi connectivity index (χ2v) is 4.90. The monoisotopic (exact) mass is 323 g/mol. The highest BCUT2D eigenvalue weighted by Gasteiger charge is 2.13. The lowest BCUT2D eigenvalue weighted by molar-refractivity contribution is 0.102. The molecule has 1 heterocycles. The van der Waals surface area contributed by atoms with Crippen molar-refractivity contribution in [2.45, 2.75) is 6.92 Å². The molecule has 0 aliphatic carbocycles. The first-order valence-corrected chi connectivity index (χ1v) is 6.25. The molecule has 6 heteroatoms. The average Bonchev–Trinajstić information content (AvgIpc) is 2.36. The first-order valence-electron chi connectivity index (χ1n) is 5.46. The van der Waals surface area contributed by atoms with Crippen molar-refractivity contribution in [1.82, 2.24) is 4.98 Å². The van der Waals surface area contributed by atoms with Gasteiger partial charge >= 0.3 is 0 Å². The van der Waals surface area contributed by atoms with Crippen molar-refractivity contribution < 1.29 is 9.18 Å². The van der Waals surface area contributed by atoms with Gasteiger partial charge in [-0.2, -0.15) is 0 Å². The van der Waals surface area contributed by atoms with Crippen molar-refractivity contribution in [2.75, 3.05) is 11.1 Å². The number of aromatic nitrogens is 1. The number of carbonyl (C=O) groups excluding carboxylic acids is 1. The van der Waals surface area contributed by atoms with Crippen LogP contribution in [0.25, 0.3) is 0 Å². The van der Waals surface area contributed by atoms with E-state index in [0.29, 0.717) is 21.4 Å². The van der Waals surface area contributed by atoms with E-state index in [2.05, 4.69) is 26.2 Å². The average molecular weight is 324 g/mol. The molecular weight excluding hydrogens is 313 g/mol. The van der Waals surface area contributed by atoms with Crippen molar-refractivity contribution in [3.8, 4) is 0 Å². The van der Waals surface area contributed by atoms with Crippen LogP contribution in [0.4, 0.5) is 15.8 Å². The smallest absolute Gasteiger partial charge is 0.257 e. The van der Waals surface area contributed by atoms with Crippen molar-refractivity contribution in [3.63, 3.8) is 0 Å². The van der Waals surface area contributed by atoms with Crippen LogP contribution in [0.2, 0.25) is 0 Å². The van der Waals surface area contributed by atoms with Crippen molar-refractivity contribution in [1.29, 1.82) is 0 Å². The molecule has 0 unspecified atom stereocenters. The minimum atomic E-state index is -0.508. The number of nitrogen functional groups attached to an aromatic ring is 1. The van der Waals surface area contributed by atoms with E-state index in [9.17, 15) is 9.18 Å². The second-order valence-electron chi connectivity index (χ2n) is 3.98. The number of nitrogens with zero attached hydrogens (tertiary/aromatic N) is 1. The van der Waals surface area contributed by atoms with Crippen LogP contribution in [0.3, 0.4) is 0 Å². The van der Waals surface area contributed by atoms with Crippen LogP contribution >= 0.6 is 15.9 Å². The van der Waals surface area contributed by atoms with Gasteiger partial charge in [0, 0.05) is 4.47 Å². The van der Waals surface area contributed by atoms with Crippen LogP contribution in [0.15, 0.2) is 34.9 Å². The number of hydrogen-bond acceptors (Lipinski definition) is 3. The Morgan fingerprint density at radius 2 is 2.16 bits per heavy atom. The molecule has 0 aliphatic heterocycles. The van der Waals surface area contributed by atoms with Crippen molar-refractivity contribution in [2.24, 2.45) is 0 Å². The number of benzene rings is 1. The highest BCUT2D eigenvalue weighted by atomic mass is 79.9. The number of aryl methyl sites for hydroxylation is 1. The van der Waals surface area contributed by atoms with E-state index in [0.717, 1.165) is 0 Å². The SMILES string of the molecule is Cc1ncc(N)cc1C(=O)Nc1cc(Br)ccc1F. The van der Waals surface area contributed by atoms with E-state index >= 15 is 0 Å². The van der Waals surface area contributed by atoms with Crippen LogP contribution in [0, 0.1) is 12.7 Å². The summed E-state index contributed by atoms with van der Waals surface area (Å²) in [5, 5.41) is 2.50. The lowest BCUT2D eigenvalue weighted by Gasteiger charge is -2.09. The fourth-order valence-electron chi connectivity index (χ4n) is 1.56. The Balaban J connectivity index is 2.30. The molecule has 0 spiro atoms. The third-order valence-electron chi connectivity index (χ3n) is 2.53. The Hall–Kier alpha value is -1.95. The number of rotatable bonds is 2. The molecule has 4 nitrogen and oxygen atoms in total. The number of nitrogens with two attached hydrogens (primary N) is 1. The van der Waals surface area contributed by atoms with Crippen LogP contribution in [0.1, 0.15) is 16.1 Å². The van der Waals surface area contributed by atoms with E-state index in [4.69, 9.17) is 5.73 Å². The number of hydrogen-bond donors (Lipinski definition) is 2. The van der Waals surface area contributed by atoms with Gasteiger partial charge in [0.15, 0.2) is 0 Å². The highest BCUT2D eigenvalue weighted by molar-refractivity contribution is 9.10. The number of carbonyl (C=O) groups is 1. The number of halogens is 2. The van der Waals surface area contributed by atoms with Crippen LogP contribution in [-0.4, -0.2) is 10.9 Å². The number of nitrogens with one attached hydrogen (secondary N) is 1. The molecule has 3 N–H and O–H groups in total. The third-order valence-corrected chi connectivity index (χ3v) is 3.02. The maximum Gasteiger partial charge on any atom is 0.257 e. The molecule has 1 amide bonds. The normalized spacial score (nSPS) is 10.3. The molecule has 2 rings (SSSR count). The van der Waals surface area contributed by atoms with Crippen molar-refractivity contribution in [3.05, 3.63) is 52.0 Å². The van der Waals surface area contributed by atoms with Crippen LogP contribution in [0.5, 0.6) is 0 Å². The van der Waals surface area contributed by atoms with Gasteiger partial charge in [-0.25, -0.2) is 4.39 Å². The second kappa shape index (κ2) is 5.36. The first-order chi connectivity index (χ1) is 8.97. The van der Waals surface area contributed by atoms with Gasteiger partial charge in [0.05, 0.1) is 28.8 Å². The zero-order valence-corrected chi connectivity index (χ0v) is 11.7. The molecule has 98 valence electrons. The Morgan fingerprint density at radius 1 is 1.42 bits per heavy atom.